The van der Waals surface area contributed by atoms with Crippen LogP contribution in [0.5, 0.6) is 5.75 Å². The van der Waals surface area contributed by atoms with Crippen molar-refractivity contribution in [3.05, 3.63) is 99.6 Å². The highest BCUT2D eigenvalue weighted by Crippen LogP contribution is 2.23. The van der Waals surface area contributed by atoms with Crippen molar-refractivity contribution in [3.8, 4) is 5.75 Å². The topological polar surface area (TPSA) is 131 Å². The highest BCUT2D eigenvalue weighted by molar-refractivity contribution is 7.89. The third-order valence-corrected chi connectivity index (χ3v) is 8.93. The van der Waals surface area contributed by atoms with E-state index in [1.165, 1.54) is 48.7 Å². The number of nitro benzene ring substituents is 1. The van der Waals surface area contributed by atoms with Gasteiger partial charge in [-0.05, 0) is 48.7 Å². The molecule has 11 heteroatoms. The lowest BCUT2D eigenvalue weighted by atomic mass is 9.98. The Kier molecular flexibility index (Phi) is 10.7. The number of aliphatic hydroxyl groups is 1. The highest BCUT2D eigenvalue weighted by Gasteiger charge is 2.38. The van der Waals surface area contributed by atoms with Gasteiger partial charge in [0.05, 0.1) is 29.5 Å². The predicted molar refractivity (Wildman–Crippen MR) is 156 cm³/mol. The van der Waals surface area contributed by atoms with Crippen molar-refractivity contribution in [2.45, 2.75) is 44.2 Å². The Balaban J connectivity index is 1.99. The molecule has 0 aromatic heterocycles. The molecule has 41 heavy (non-hydrogen) atoms. The van der Waals surface area contributed by atoms with E-state index < -0.39 is 33.0 Å². The van der Waals surface area contributed by atoms with Crippen molar-refractivity contribution < 1.29 is 32.9 Å². The normalized spacial score (nSPS) is 14.0. The standard InChI is InChI=1S/C30H37N3O7S/c1-21(2)19-32(41(38,39)25-16-14-24(40-5)15-17-25)20-29(34)28(18-23-10-7-6-8-11-23)31(4)30(35)26-12-9-13-27(22(26)3)33(36)37/h6-17,21,28-29,34H,18-20H2,1-5H3/p+1/t28-,29+/m0/s1. The molecule has 10 nitrogen and oxygen atoms in total. The Labute approximate surface area is 241 Å². The first kappa shape index (κ1) is 31.9. The molecular formula is C30H38N3O7S+. The number of hydrogen-bond donors (Lipinski definition) is 2. The Hall–Kier alpha value is -3.64. The summed E-state index contributed by atoms with van der Waals surface area (Å²) in [6, 6.07) is 18.9. The minimum atomic E-state index is -3.99. The molecule has 0 saturated carbocycles. The number of benzene rings is 3. The first-order valence-electron chi connectivity index (χ1n) is 13.3. The summed E-state index contributed by atoms with van der Waals surface area (Å²) >= 11 is 0. The number of nitrogens with zero attached hydrogens (tertiary/aromatic N) is 2. The summed E-state index contributed by atoms with van der Waals surface area (Å²) in [4.78, 5) is 25.0. The molecule has 0 bridgehead atoms. The molecule has 0 radical (unpaired) electrons. The zero-order chi connectivity index (χ0) is 30.3. The van der Waals surface area contributed by atoms with Gasteiger partial charge in [0.25, 0.3) is 5.69 Å². The SMILES string of the molecule is COc1ccc(S(=O)(=O)N(CC(C)C)C[C@@H](O)[C@H](Cc2ccccc2)[NH+](C)C(=O)c2cccc([N+](=O)[O-])c2C)cc1. The second-order valence-electron chi connectivity index (χ2n) is 10.5. The molecule has 1 unspecified atom stereocenters. The van der Waals surface area contributed by atoms with Gasteiger partial charge in [-0.1, -0.05) is 50.2 Å². The van der Waals surface area contributed by atoms with E-state index in [-0.39, 0.29) is 52.0 Å². The van der Waals surface area contributed by atoms with Crippen molar-refractivity contribution in [2.24, 2.45) is 5.92 Å². The molecule has 3 aromatic carbocycles. The van der Waals surface area contributed by atoms with Crippen LogP contribution >= 0.6 is 0 Å². The van der Waals surface area contributed by atoms with Gasteiger partial charge in [-0.2, -0.15) is 4.31 Å². The Bertz CT molecular complexity index is 1440. The number of aliphatic hydroxyl groups excluding tert-OH is 1. The second-order valence-corrected chi connectivity index (χ2v) is 12.4. The van der Waals surface area contributed by atoms with Crippen LogP contribution in [0.1, 0.15) is 35.3 Å². The number of likely N-dealkylation sites (N-methyl/N-ethyl adjacent to an activating group) is 1. The average molecular weight is 585 g/mol. The molecule has 0 spiro atoms. The van der Waals surface area contributed by atoms with E-state index in [9.17, 15) is 28.4 Å². The number of carbonyl (C=O) groups excluding carboxylic acids is 1. The van der Waals surface area contributed by atoms with E-state index in [1.54, 1.807) is 19.2 Å². The molecular weight excluding hydrogens is 546 g/mol. The van der Waals surface area contributed by atoms with Crippen LogP contribution in [0.3, 0.4) is 0 Å². The number of carbonyl (C=O) groups is 1. The third kappa shape index (κ3) is 7.76. The number of rotatable bonds is 13. The number of ether oxygens (including phenoxy) is 1. The predicted octanol–water partition coefficient (Wildman–Crippen LogP) is 2.89. The molecule has 0 aliphatic carbocycles. The minimum absolute atomic E-state index is 0.0398. The van der Waals surface area contributed by atoms with E-state index >= 15 is 0 Å². The fraction of sp³-hybridized carbons (Fsp3) is 0.367. The maximum Gasteiger partial charge on any atom is 0.344 e. The van der Waals surface area contributed by atoms with Crippen LogP contribution in [-0.2, 0) is 16.4 Å². The Morgan fingerprint density at radius 3 is 2.22 bits per heavy atom. The molecule has 0 heterocycles. The van der Waals surface area contributed by atoms with Gasteiger partial charge in [0.1, 0.15) is 17.9 Å². The van der Waals surface area contributed by atoms with Crippen molar-refractivity contribution in [1.29, 1.82) is 0 Å². The quantitative estimate of drug-likeness (QED) is 0.233. The number of methoxy groups -OCH3 is 1. The fourth-order valence-electron chi connectivity index (χ4n) is 4.80. The summed E-state index contributed by atoms with van der Waals surface area (Å²) in [6.45, 7) is 5.20. The second kappa shape index (κ2) is 13.8. The summed E-state index contributed by atoms with van der Waals surface area (Å²) in [6.07, 6.45) is -0.976. The lowest BCUT2D eigenvalue weighted by Gasteiger charge is -2.32. The molecule has 1 amide bonds. The lowest BCUT2D eigenvalue weighted by molar-refractivity contribution is -0.825. The maximum absolute atomic E-state index is 13.7. The Morgan fingerprint density at radius 1 is 1.02 bits per heavy atom. The molecule has 3 atom stereocenters. The average Bonchev–Trinajstić information content (AvgIpc) is 2.95. The summed E-state index contributed by atoms with van der Waals surface area (Å²) in [5.41, 5.74) is 1.09. The van der Waals surface area contributed by atoms with Gasteiger partial charge in [-0.25, -0.2) is 13.2 Å². The van der Waals surface area contributed by atoms with E-state index in [2.05, 4.69) is 0 Å². The zero-order valence-corrected chi connectivity index (χ0v) is 24.8. The molecule has 0 fully saturated rings. The van der Waals surface area contributed by atoms with Gasteiger partial charge >= 0.3 is 5.91 Å². The van der Waals surface area contributed by atoms with Gasteiger partial charge in [-0.15, -0.1) is 0 Å². The number of nitro groups is 1. The molecule has 3 aromatic rings. The van der Waals surface area contributed by atoms with Crippen molar-refractivity contribution in [2.75, 3.05) is 27.2 Å². The zero-order valence-electron chi connectivity index (χ0n) is 24.0. The highest BCUT2D eigenvalue weighted by atomic mass is 32.2. The number of nitrogens with one attached hydrogen (secondary N) is 1. The first-order valence-corrected chi connectivity index (χ1v) is 14.8. The van der Waals surface area contributed by atoms with Crippen LogP contribution in [-0.4, -0.2) is 68.1 Å². The van der Waals surface area contributed by atoms with E-state index in [0.29, 0.717) is 5.75 Å². The molecule has 3 rings (SSSR count). The van der Waals surface area contributed by atoms with Gasteiger partial charge < -0.3 is 9.84 Å². The smallest absolute Gasteiger partial charge is 0.344 e. The Morgan fingerprint density at radius 2 is 1.66 bits per heavy atom. The van der Waals surface area contributed by atoms with Crippen LogP contribution in [0.4, 0.5) is 5.69 Å². The van der Waals surface area contributed by atoms with Crippen LogP contribution in [0, 0.1) is 23.0 Å². The summed E-state index contributed by atoms with van der Waals surface area (Å²) < 4.78 is 33.8. The fourth-order valence-corrected chi connectivity index (χ4v) is 6.43. The van der Waals surface area contributed by atoms with Gasteiger partial charge in [0.2, 0.25) is 10.0 Å². The van der Waals surface area contributed by atoms with Crippen LogP contribution in [0.15, 0.2) is 77.7 Å². The molecule has 220 valence electrons. The monoisotopic (exact) mass is 584 g/mol. The largest absolute Gasteiger partial charge is 0.497 e. The molecule has 0 saturated heterocycles. The van der Waals surface area contributed by atoms with Gasteiger partial charge in [0, 0.05) is 31.1 Å². The van der Waals surface area contributed by atoms with Gasteiger partial charge in [-0.3, -0.25) is 15.0 Å². The summed E-state index contributed by atoms with van der Waals surface area (Å²) in [5.74, 6) is 0.0455. The third-order valence-electron chi connectivity index (χ3n) is 7.08. The molecule has 0 aliphatic rings. The minimum Gasteiger partial charge on any atom is -0.497 e. The van der Waals surface area contributed by atoms with E-state index in [4.69, 9.17) is 4.74 Å². The van der Waals surface area contributed by atoms with Crippen molar-refractivity contribution in [1.82, 2.24) is 4.31 Å². The molecule has 0 aliphatic heterocycles. The van der Waals surface area contributed by atoms with Crippen LogP contribution in [0.2, 0.25) is 0 Å². The van der Waals surface area contributed by atoms with Crippen LogP contribution < -0.4 is 9.64 Å². The van der Waals surface area contributed by atoms with Crippen LogP contribution in [0.25, 0.3) is 0 Å². The first-order chi connectivity index (χ1) is 19.4. The number of hydrogen-bond acceptors (Lipinski definition) is 7. The maximum atomic E-state index is 13.7. The summed E-state index contributed by atoms with van der Waals surface area (Å²) in [7, 11) is -0.901. The van der Waals surface area contributed by atoms with E-state index in [1.807, 2.05) is 44.2 Å². The number of sulfonamides is 1. The van der Waals surface area contributed by atoms with Crippen molar-refractivity contribution >= 4 is 21.6 Å². The number of amides is 1. The summed E-state index contributed by atoms with van der Waals surface area (Å²) in [5, 5.41) is 23.1. The lowest BCUT2D eigenvalue weighted by Crippen LogP contribution is -3.17. The molecule has 2 N–H and O–H groups in total. The van der Waals surface area contributed by atoms with E-state index in [0.717, 1.165) is 5.56 Å². The van der Waals surface area contributed by atoms with Gasteiger partial charge in [0.15, 0.2) is 0 Å². The van der Waals surface area contributed by atoms with Crippen molar-refractivity contribution in [3.63, 3.8) is 0 Å². The number of quaternary nitrogens is 1.